The lowest BCUT2D eigenvalue weighted by Crippen LogP contribution is -2.29. The van der Waals surface area contributed by atoms with E-state index < -0.39 is 14.9 Å². The number of nitrogens with zero attached hydrogens (tertiary/aromatic N) is 4. The summed E-state index contributed by atoms with van der Waals surface area (Å²) in [5.41, 5.74) is 6.70. The number of ether oxygens (including phenoxy) is 4. The standard InChI is InChI=1S/C52H54N4O6P2/c1-4-38-25-27-41(28-26-38)42-32-39(36-61-49-23-11-21-47(59-2)51(49)63(57)53-29-13-19-45(53)34-55(63)43-15-7-5-8-16-43)31-40(33-42)37-62-50-24-12-22-48(60-3)52(50)64(58)54-30-14-20-46(54)35-56(64)44-17-9-6-10-18-44/h4-12,15-18,21-28,31-33,45-46H,1,13-14,19-20,29-30,34-37H2,2-3H3. The average molecular weight is 893 g/mol. The lowest BCUT2D eigenvalue weighted by atomic mass is 9.99. The summed E-state index contributed by atoms with van der Waals surface area (Å²) in [6, 6.07) is 46.5. The maximum Gasteiger partial charge on any atom is 0.276 e. The van der Waals surface area contributed by atoms with Gasteiger partial charge < -0.3 is 28.3 Å². The van der Waals surface area contributed by atoms with Crippen LogP contribution in [0.1, 0.15) is 42.4 Å². The number of anilines is 2. The molecule has 0 aromatic heterocycles. The van der Waals surface area contributed by atoms with E-state index in [1.165, 1.54) is 0 Å². The molecule has 0 aliphatic carbocycles. The zero-order valence-electron chi connectivity index (χ0n) is 36.4. The van der Waals surface area contributed by atoms with E-state index in [9.17, 15) is 0 Å². The molecule has 4 unspecified atom stereocenters. The quantitative estimate of drug-likeness (QED) is 0.0986. The highest BCUT2D eigenvalue weighted by atomic mass is 31.2. The lowest BCUT2D eigenvalue weighted by Gasteiger charge is -2.33. The first-order chi connectivity index (χ1) is 31.3. The van der Waals surface area contributed by atoms with Crippen LogP contribution in [0.5, 0.6) is 23.0 Å². The van der Waals surface area contributed by atoms with Gasteiger partial charge in [0.15, 0.2) is 0 Å². The van der Waals surface area contributed by atoms with E-state index in [2.05, 4.69) is 67.7 Å². The van der Waals surface area contributed by atoms with Crippen LogP contribution in [0.25, 0.3) is 17.2 Å². The van der Waals surface area contributed by atoms with Crippen LogP contribution in [0.15, 0.2) is 146 Å². The molecule has 6 aromatic rings. The lowest BCUT2D eigenvalue weighted by molar-refractivity contribution is 0.300. The smallest absolute Gasteiger partial charge is 0.276 e. The summed E-state index contributed by atoms with van der Waals surface area (Å²) in [6.45, 7) is 7.17. The number of rotatable bonds is 14. The molecule has 0 saturated carbocycles. The van der Waals surface area contributed by atoms with Crippen molar-refractivity contribution in [3.8, 4) is 34.1 Å². The van der Waals surface area contributed by atoms with E-state index in [0.717, 1.165) is 78.0 Å². The Balaban J connectivity index is 1.01. The van der Waals surface area contributed by atoms with Crippen molar-refractivity contribution in [2.24, 2.45) is 0 Å². The van der Waals surface area contributed by atoms with Crippen molar-refractivity contribution in [2.75, 3.05) is 49.7 Å². The Hall–Kier alpha value is -5.76. The van der Waals surface area contributed by atoms with Crippen LogP contribution in [0.4, 0.5) is 11.4 Å². The minimum Gasteiger partial charge on any atom is -0.496 e. The normalized spacial score (nSPS) is 22.9. The van der Waals surface area contributed by atoms with Crippen molar-refractivity contribution in [3.63, 3.8) is 0 Å². The molecule has 10 rings (SSSR count). The third-order valence-corrected chi connectivity index (χ3v) is 19.8. The van der Waals surface area contributed by atoms with Gasteiger partial charge in [-0.15, -0.1) is 0 Å². The largest absolute Gasteiger partial charge is 0.496 e. The number of hydrogen-bond donors (Lipinski definition) is 0. The summed E-state index contributed by atoms with van der Waals surface area (Å²) in [6.07, 6.45) is 5.80. The van der Waals surface area contributed by atoms with Crippen molar-refractivity contribution >= 4 is 42.9 Å². The van der Waals surface area contributed by atoms with Crippen molar-refractivity contribution < 1.29 is 28.1 Å². The SMILES string of the molecule is C=Cc1ccc(-c2cc(COc3cccc(OC)c3P3(=O)N(c4ccccc4)CC4CCCN43)cc(COc3cccc(OC)c3P3(=O)N(c4ccccc4)CC4CCCN43)c2)cc1. The zero-order valence-corrected chi connectivity index (χ0v) is 38.2. The van der Waals surface area contributed by atoms with E-state index in [1.807, 2.05) is 103 Å². The van der Waals surface area contributed by atoms with E-state index in [0.29, 0.717) is 46.7 Å². The van der Waals surface area contributed by atoms with Crippen LogP contribution >= 0.6 is 14.9 Å². The zero-order chi connectivity index (χ0) is 43.8. The minimum atomic E-state index is -3.40. The second-order valence-corrected chi connectivity index (χ2v) is 22.0. The summed E-state index contributed by atoms with van der Waals surface area (Å²) in [5.74, 6) is 2.14. The maximum absolute atomic E-state index is 15.9. The number of methoxy groups -OCH3 is 2. The molecule has 4 saturated heterocycles. The fraction of sp³-hybridized carbons (Fsp3) is 0.269. The van der Waals surface area contributed by atoms with Crippen LogP contribution in [0.3, 0.4) is 0 Å². The summed E-state index contributed by atoms with van der Waals surface area (Å²) < 4.78 is 66.0. The van der Waals surface area contributed by atoms with Gasteiger partial charge in [-0.25, -0.2) is 9.34 Å². The first-order valence-corrected chi connectivity index (χ1v) is 25.4. The molecule has 0 bridgehead atoms. The fourth-order valence-electron chi connectivity index (χ4n) is 10.2. The predicted octanol–water partition coefficient (Wildman–Crippen LogP) is 10.8. The summed E-state index contributed by atoms with van der Waals surface area (Å²) in [4.78, 5) is 0. The molecule has 0 radical (unpaired) electrons. The van der Waals surface area contributed by atoms with Crippen molar-refractivity contribution in [1.29, 1.82) is 0 Å². The Morgan fingerprint density at radius 3 is 1.45 bits per heavy atom. The molecule has 12 heteroatoms. The topological polar surface area (TPSA) is 84.0 Å². The van der Waals surface area contributed by atoms with Crippen molar-refractivity contribution in [3.05, 3.63) is 163 Å². The van der Waals surface area contributed by atoms with Gasteiger partial charge in [0.05, 0.1) is 14.2 Å². The van der Waals surface area contributed by atoms with Gasteiger partial charge in [-0.1, -0.05) is 85.5 Å². The third kappa shape index (κ3) is 7.40. The molecule has 4 fully saturated rings. The fourth-order valence-corrected chi connectivity index (χ4v) is 17.3. The number of fused-ring (bicyclic) bond motifs is 2. The highest BCUT2D eigenvalue weighted by molar-refractivity contribution is 7.72. The monoisotopic (exact) mass is 892 g/mol. The van der Waals surface area contributed by atoms with Gasteiger partial charge in [0.2, 0.25) is 0 Å². The van der Waals surface area contributed by atoms with Gasteiger partial charge >= 0.3 is 0 Å². The Labute approximate surface area is 376 Å². The average Bonchev–Trinajstić information content (AvgIpc) is 4.14. The summed E-state index contributed by atoms with van der Waals surface area (Å²) in [7, 11) is -3.54. The third-order valence-electron chi connectivity index (χ3n) is 13.2. The highest BCUT2D eigenvalue weighted by Gasteiger charge is 2.55. The molecule has 4 atom stereocenters. The molecular weight excluding hydrogens is 839 g/mol. The molecular formula is C52H54N4O6P2. The Kier molecular flexibility index (Phi) is 11.6. The van der Waals surface area contributed by atoms with Gasteiger partial charge in [-0.2, -0.15) is 0 Å². The van der Waals surface area contributed by atoms with Crippen LogP contribution in [0, 0.1) is 0 Å². The summed E-state index contributed by atoms with van der Waals surface area (Å²) >= 11 is 0. The molecule has 0 spiro atoms. The molecule has 10 nitrogen and oxygen atoms in total. The molecule has 0 amide bonds. The first-order valence-electron chi connectivity index (χ1n) is 22.2. The van der Waals surface area contributed by atoms with Gasteiger partial charge in [0.1, 0.15) is 46.8 Å². The van der Waals surface area contributed by atoms with Gasteiger partial charge in [-0.3, -0.25) is 9.13 Å². The van der Waals surface area contributed by atoms with Crippen LogP contribution < -0.4 is 38.9 Å². The van der Waals surface area contributed by atoms with E-state index in [4.69, 9.17) is 18.9 Å². The Bertz CT molecular complexity index is 2590. The van der Waals surface area contributed by atoms with Crippen molar-refractivity contribution in [2.45, 2.75) is 51.0 Å². The van der Waals surface area contributed by atoms with E-state index >= 15 is 9.13 Å². The molecule has 6 aromatic carbocycles. The van der Waals surface area contributed by atoms with Gasteiger partial charge in [0.25, 0.3) is 14.9 Å². The van der Waals surface area contributed by atoms with Crippen molar-refractivity contribution in [1.82, 2.24) is 9.34 Å². The number of hydrogen-bond acceptors (Lipinski definition) is 6. The summed E-state index contributed by atoms with van der Waals surface area (Å²) in [5, 5.41) is 1.17. The second kappa shape index (κ2) is 17.7. The molecule has 4 aliphatic heterocycles. The molecule has 4 heterocycles. The molecule has 0 N–H and O–H groups in total. The molecule has 328 valence electrons. The van der Waals surface area contributed by atoms with E-state index in [-0.39, 0.29) is 25.3 Å². The molecule has 4 aliphatic rings. The molecule has 64 heavy (non-hydrogen) atoms. The highest BCUT2D eigenvalue weighted by Crippen LogP contribution is 2.65. The van der Waals surface area contributed by atoms with Crippen LogP contribution in [0.2, 0.25) is 0 Å². The number of benzene rings is 6. The second-order valence-electron chi connectivity index (χ2n) is 16.9. The van der Waals surface area contributed by atoms with Gasteiger partial charge in [0, 0.05) is 49.6 Å². The van der Waals surface area contributed by atoms with Crippen LogP contribution in [-0.4, -0.2) is 61.8 Å². The number of para-hydroxylation sites is 2. The van der Waals surface area contributed by atoms with E-state index in [1.54, 1.807) is 14.2 Å². The predicted molar refractivity (Wildman–Crippen MR) is 258 cm³/mol. The minimum absolute atomic E-state index is 0.172. The first kappa shape index (κ1) is 42.2. The Morgan fingerprint density at radius 2 is 1.02 bits per heavy atom. The maximum atomic E-state index is 15.9. The van der Waals surface area contributed by atoms with Crippen LogP contribution in [-0.2, 0) is 22.3 Å². The van der Waals surface area contributed by atoms with Gasteiger partial charge in [-0.05, 0) is 120 Å². The Morgan fingerprint density at radius 1 is 0.562 bits per heavy atom.